The van der Waals surface area contributed by atoms with Crippen LogP contribution in [0.1, 0.15) is 67.1 Å². The molecule has 0 amide bonds. The zero-order valence-electron chi connectivity index (χ0n) is 24.2. The quantitative estimate of drug-likeness (QED) is 0.202. The summed E-state index contributed by atoms with van der Waals surface area (Å²) < 4.78 is 0. The van der Waals surface area contributed by atoms with Gasteiger partial charge in [0.2, 0.25) is 0 Å². The molecule has 0 bridgehead atoms. The molecule has 4 heteroatoms. The Balaban J connectivity index is 0.000000132. The highest BCUT2D eigenvalue weighted by Crippen LogP contribution is 2.74. The highest BCUT2D eigenvalue weighted by Gasteiger charge is 2.43. The minimum Gasteiger partial charge on any atom is -0.0967 e. The van der Waals surface area contributed by atoms with Crippen molar-refractivity contribution in [3.8, 4) is 0 Å². The summed E-state index contributed by atoms with van der Waals surface area (Å²) in [6, 6.07) is 36.8. The molecular weight excluding hydrogens is 556 g/mol. The van der Waals surface area contributed by atoms with Gasteiger partial charge in [-0.3, -0.25) is 0 Å². The molecule has 4 heterocycles. The molecule has 0 fully saturated rings. The molecular formula is C36H40P4. The standard InChI is InChI=1S/2C18H20P2/c2*1-19-11-13-7-3-5-9-15(13)17(19)18-16-10-6-4-8-14(16)12-20(18)2/h2*3-10,17-18H,11-12H2,1-2H3/t2*17-,18-,19+,20+/m10/s1. The molecule has 0 unspecified atom stereocenters. The molecule has 4 aliphatic heterocycles. The molecule has 0 aromatic heterocycles. The normalized spacial score (nSPS) is 31.1. The van der Waals surface area contributed by atoms with Gasteiger partial charge in [-0.05, 0) is 95.8 Å². The average Bonchev–Trinajstić information content (AvgIpc) is 3.67. The second-order valence-electron chi connectivity index (χ2n) is 12.2. The molecule has 0 N–H and O–H groups in total. The van der Waals surface area contributed by atoms with Crippen molar-refractivity contribution in [2.45, 2.75) is 47.3 Å². The SMILES string of the molecule is C[P@@]1Cc2ccccc2[C@@H]1[C@H]1c2ccccc2C[P@]1C.C[P@]1Cc2ccccc2[C@H]1[C@@H]1c2ccccc2C[P@@]1C. The Hall–Kier alpha value is -1.40. The van der Waals surface area contributed by atoms with Crippen molar-refractivity contribution >= 4 is 31.7 Å². The summed E-state index contributed by atoms with van der Waals surface area (Å²) in [7, 11) is 0.395. The van der Waals surface area contributed by atoms with Gasteiger partial charge >= 0.3 is 0 Å². The predicted octanol–water partition coefficient (Wildman–Crippen LogP) is 11.4. The second-order valence-corrected chi connectivity index (χ2v) is 21.8. The van der Waals surface area contributed by atoms with E-state index >= 15 is 0 Å². The van der Waals surface area contributed by atoms with Crippen LogP contribution in [0.15, 0.2) is 97.1 Å². The van der Waals surface area contributed by atoms with Crippen molar-refractivity contribution in [1.29, 1.82) is 0 Å². The first-order chi connectivity index (χ1) is 19.5. The molecule has 40 heavy (non-hydrogen) atoms. The van der Waals surface area contributed by atoms with Crippen molar-refractivity contribution in [3.63, 3.8) is 0 Å². The second kappa shape index (κ2) is 11.4. The summed E-state index contributed by atoms with van der Waals surface area (Å²) in [4.78, 5) is 0. The van der Waals surface area contributed by atoms with Crippen LogP contribution in [0.25, 0.3) is 0 Å². The summed E-state index contributed by atoms with van der Waals surface area (Å²) in [5.74, 6) is 0. The Bertz CT molecular complexity index is 1300. The van der Waals surface area contributed by atoms with Crippen LogP contribution in [0.3, 0.4) is 0 Å². The average molecular weight is 597 g/mol. The van der Waals surface area contributed by atoms with Gasteiger partial charge in [-0.25, -0.2) is 0 Å². The third-order valence-corrected chi connectivity index (χ3v) is 19.6. The molecule has 4 aromatic rings. The Kier molecular flexibility index (Phi) is 7.79. The maximum absolute atomic E-state index is 2.52. The molecule has 0 aliphatic carbocycles. The Morgan fingerprint density at radius 2 is 0.550 bits per heavy atom. The van der Waals surface area contributed by atoms with Crippen LogP contribution in [0.5, 0.6) is 0 Å². The van der Waals surface area contributed by atoms with E-state index in [1.54, 1.807) is 44.5 Å². The molecule has 8 atom stereocenters. The van der Waals surface area contributed by atoms with E-state index in [1.165, 1.54) is 24.6 Å². The van der Waals surface area contributed by atoms with Crippen molar-refractivity contribution in [2.24, 2.45) is 0 Å². The first-order valence-electron chi connectivity index (χ1n) is 14.6. The topological polar surface area (TPSA) is 0 Å². The van der Waals surface area contributed by atoms with Gasteiger partial charge in [0.15, 0.2) is 0 Å². The molecule has 0 spiro atoms. The first kappa shape index (κ1) is 27.4. The highest BCUT2D eigenvalue weighted by atomic mass is 31.1. The van der Waals surface area contributed by atoms with Gasteiger partial charge < -0.3 is 0 Å². The van der Waals surface area contributed by atoms with Gasteiger partial charge in [0.25, 0.3) is 0 Å². The molecule has 8 rings (SSSR count). The van der Waals surface area contributed by atoms with E-state index in [0.717, 1.165) is 22.6 Å². The van der Waals surface area contributed by atoms with E-state index in [9.17, 15) is 0 Å². The van der Waals surface area contributed by atoms with Crippen LogP contribution < -0.4 is 0 Å². The lowest BCUT2D eigenvalue weighted by Crippen LogP contribution is -2.03. The highest BCUT2D eigenvalue weighted by molar-refractivity contribution is 7.61. The van der Waals surface area contributed by atoms with E-state index in [4.69, 9.17) is 0 Å². The van der Waals surface area contributed by atoms with E-state index in [1.807, 2.05) is 0 Å². The van der Waals surface area contributed by atoms with Gasteiger partial charge in [0.1, 0.15) is 0 Å². The van der Waals surface area contributed by atoms with Gasteiger partial charge in [-0.1, -0.05) is 129 Å². The fourth-order valence-electron chi connectivity index (χ4n) is 7.93. The first-order valence-corrected chi connectivity index (χ1v) is 22.8. The van der Waals surface area contributed by atoms with Crippen molar-refractivity contribution in [1.82, 2.24) is 0 Å². The van der Waals surface area contributed by atoms with Gasteiger partial charge in [0.05, 0.1) is 0 Å². The van der Waals surface area contributed by atoms with E-state index in [2.05, 4.69) is 124 Å². The zero-order chi connectivity index (χ0) is 27.4. The largest absolute Gasteiger partial charge is 0.0967 e. The summed E-state index contributed by atoms with van der Waals surface area (Å²) in [5.41, 5.74) is 16.4. The van der Waals surface area contributed by atoms with Gasteiger partial charge in [0, 0.05) is 22.6 Å². The number of hydrogen-bond donors (Lipinski definition) is 0. The van der Waals surface area contributed by atoms with Crippen LogP contribution in [0, 0.1) is 0 Å². The molecule has 0 saturated heterocycles. The maximum atomic E-state index is 2.52. The number of fused-ring (bicyclic) bond motifs is 4. The maximum Gasteiger partial charge on any atom is 0.0153 e. The van der Waals surface area contributed by atoms with Crippen LogP contribution in [-0.4, -0.2) is 26.7 Å². The lowest BCUT2D eigenvalue weighted by Gasteiger charge is -2.29. The summed E-state index contributed by atoms with van der Waals surface area (Å²) >= 11 is 0. The van der Waals surface area contributed by atoms with Crippen LogP contribution in [-0.2, 0) is 24.6 Å². The summed E-state index contributed by atoms with van der Waals surface area (Å²) in [5, 5.41) is 0. The molecule has 0 saturated carbocycles. The molecule has 4 aliphatic rings. The van der Waals surface area contributed by atoms with Crippen molar-refractivity contribution in [2.75, 3.05) is 26.7 Å². The number of benzene rings is 4. The summed E-state index contributed by atoms with van der Waals surface area (Å²) in [6.45, 7) is 10.1. The van der Waals surface area contributed by atoms with Crippen molar-refractivity contribution < 1.29 is 0 Å². The molecule has 204 valence electrons. The Morgan fingerprint density at radius 3 is 0.775 bits per heavy atom. The third-order valence-electron chi connectivity index (χ3n) is 9.67. The zero-order valence-corrected chi connectivity index (χ0v) is 27.7. The summed E-state index contributed by atoms with van der Waals surface area (Å²) in [6.07, 6.45) is 5.33. The molecule has 4 aromatic carbocycles. The van der Waals surface area contributed by atoms with Crippen LogP contribution >= 0.6 is 31.7 Å². The Morgan fingerprint density at radius 1 is 0.350 bits per heavy atom. The molecule has 0 nitrogen and oxygen atoms in total. The molecule has 0 radical (unpaired) electrons. The Labute approximate surface area is 246 Å². The van der Waals surface area contributed by atoms with Crippen LogP contribution in [0.4, 0.5) is 0 Å². The third kappa shape index (κ3) is 4.77. The van der Waals surface area contributed by atoms with Gasteiger partial charge in [-0.15, -0.1) is 0 Å². The minimum absolute atomic E-state index is 0.0988. The van der Waals surface area contributed by atoms with E-state index in [-0.39, 0.29) is 31.7 Å². The minimum atomic E-state index is 0.0988. The lowest BCUT2D eigenvalue weighted by molar-refractivity contribution is 0.900. The fraction of sp³-hybridized carbons (Fsp3) is 0.333. The number of rotatable bonds is 2. The van der Waals surface area contributed by atoms with Crippen molar-refractivity contribution in [3.05, 3.63) is 142 Å². The van der Waals surface area contributed by atoms with Gasteiger partial charge in [-0.2, -0.15) is 0 Å². The van der Waals surface area contributed by atoms with Crippen LogP contribution in [0.2, 0.25) is 0 Å². The van der Waals surface area contributed by atoms with E-state index in [0.29, 0.717) is 0 Å². The predicted molar refractivity (Wildman–Crippen MR) is 183 cm³/mol. The monoisotopic (exact) mass is 596 g/mol. The number of hydrogen-bond acceptors (Lipinski definition) is 0. The van der Waals surface area contributed by atoms with E-state index < -0.39 is 0 Å². The lowest BCUT2D eigenvalue weighted by atomic mass is 9.98. The fourth-order valence-corrected chi connectivity index (χ4v) is 20.2. The smallest absolute Gasteiger partial charge is 0.0153 e.